The number of rotatable bonds is 6. The van der Waals surface area contributed by atoms with Gasteiger partial charge in [-0.05, 0) is 18.9 Å². The summed E-state index contributed by atoms with van der Waals surface area (Å²) < 4.78 is 28.9. The fourth-order valence-electron chi connectivity index (χ4n) is 3.82. The number of benzene rings is 1. The first-order valence-corrected chi connectivity index (χ1v) is 11.2. The van der Waals surface area contributed by atoms with Gasteiger partial charge in [0.05, 0.1) is 4.92 Å². The second kappa shape index (κ2) is 9.16. The molecule has 3 rings (SSSR count). The van der Waals surface area contributed by atoms with Crippen LogP contribution in [0.1, 0.15) is 41.6 Å². The summed E-state index contributed by atoms with van der Waals surface area (Å²) in [5.41, 5.74) is 5.62. The summed E-state index contributed by atoms with van der Waals surface area (Å²) in [6.07, 6.45) is 3.91. The molecule has 1 amide bonds. The lowest BCUT2D eigenvalue weighted by molar-refractivity contribution is -0.385. The number of nitrogens with zero attached hydrogens (tertiary/aromatic N) is 4. The Morgan fingerprint density at radius 1 is 1.00 bits per heavy atom. The Kier molecular flexibility index (Phi) is 6.83. The summed E-state index contributed by atoms with van der Waals surface area (Å²) in [4.78, 5) is 24.1. The molecule has 29 heavy (non-hydrogen) atoms. The van der Waals surface area contributed by atoms with Crippen molar-refractivity contribution in [3.05, 3.63) is 39.4 Å². The van der Waals surface area contributed by atoms with Crippen LogP contribution in [0.5, 0.6) is 0 Å². The van der Waals surface area contributed by atoms with Gasteiger partial charge in [0.2, 0.25) is 5.91 Å². The molecule has 2 heterocycles. The van der Waals surface area contributed by atoms with Gasteiger partial charge in [0.1, 0.15) is 0 Å². The van der Waals surface area contributed by atoms with Gasteiger partial charge in [-0.1, -0.05) is 18.9 Å². The van der Waals surface area contributed by atoms with E-state index in [0.29, 0.717) is 51.4 Å². The van der Waals surface area contributed by atoms with E-state index >= 15 is 0 Å². The molecule has 0 spiro atoms. The molecule has 2 N–H and O–H groups in total. The number of piperazine rings is 1. The van der Waals surface area contributed by atoms with Crippen molar-refractivity contribution in [3.63, 3.8) is 0 Å². The standard InChI is InChI=1S/C18H27N5O5S/c19-18(24)15-5-6-16(17(13-15)23(25)26)14-20-9-11-22(12-10-20)29(27,28)21-7-3-1-2-4-8-21/h5-6,13H,1-4,7-12,14H2,(H2,19,24). The third-order valence-electron chi connectivity index (χ3n) is 5.51. The summed E-state index contributed by atoms with van der Waals surface area (Å²) in [7, 11) is -3.46. The maximum absolute atomic E-state index is 12.9. The van der Waals surface area contributed by atoms with Gasteiger partial charge >= 0.3 is 0 Å². The van der Waals surface area contributed by atoms with Gasteiger partial charge < -0.3 is 5.73 Å². The summed E-state index contributed by atoms with van der Waals surface area (Å²) in [5, 5.41) is 11.4. The zero-order valence-corrected chi connectivity index (χ0v) is 17.1. The van der Waals surface area contributed by atoms with Gasteiger partial charge in [-0.2, -0.15) is 17.0 Å². The molecule has 0 radical (unpaired) electrons. The molecule has 0 aliphatic carbocycles. The second-order valence-corrected chi connectivity index (χ2v) is 9.39. The highest BCUT2D eigenvalue weighted by Crippen LogP contribution is 2.23. The molecule has 2 saturated heterocycles. The van der Waals surface area contributed by atoms with Crippen LogP contribution in [0.25, 0.3) is 0 Å². The first kappa shape index (κ1) is 21.6. The maximum Gasteiger partial charge on any atom is 0.282 e. The lowest BCUT2D eigenvalue weighted by Gasteiger charge is -2.36. The molecule has 2 fully saturated rings. The molecule has 10 nitrogen and oxygen atoms in total. The SMILES string of the molecule is NC(=O)c1ccc(CN2CCN(S(=O)(=O)N3CCCCCC3)CC2)c([N+](=O)[O-])c1. The van der Waals surface area contributed by atoms with Gasteiger partial charge in [-0.3, -0.25) is 19.8 Å². The van der Waals surface area contributed by atoms with E-state index < -0.39 is 21.0 Å². The van der Waals surface area contributed by atoms with Gasteiger partial charge in [-0.15, -0.1) is 0 Å². The van der Waals surface area contributed by atoms with Crippen LogP contribution in [0, 0.1) is 10.1 Å². The molecule has 0 unspecified atom stereocenters. The summed E-state index contributed by atoms with van der Waals surface area (Å²) in [6.45, 7) is 3.14. The van der Waals surface area contributed by atoms with Crippen LogP contribution in [0.4, 0.5) is 5.69 Å². The third-order valence-corrected chi connectivity index (χ3v) is 7.54. The van der Waals surface area contributed by atoms with Crippen molar-refractivity contribution < 1.29 is 18.1 Å². The molecule has 160 valence electrons. The van der Waals surface area contributed by atoms with Crippen molar-refractivity contribution in [2.24, 2.45) is 5.73 Å². The molecule has 2 aliphatic heterocycles. The number of nitro benzene ring substituents is 1. The number of nitro groups is 1. The Morgan fingerprint density at radius 2 is 1.59 bits per heavy atom. The Balaban J connectivity index is 1.64. The monoisotopic (exact) mass is 425 g/mol. The first-order chi connectivity index (χ1) is 13.8. The van der Waals surface area contributed by atoms with Gasteiger partial charge in [0, 0.05) is 63.0 Å². The Hall–Kier alpha value is -2.08. The van der Waals surface area contributed by atoms with E-state index in [1.807, 2.05) is 4.90 Å². The average molecular weight is 426 g/mol. The number of hydrogen-bond donors (Lipinski definition) is 1. The van der Waals surface area contributed by atoms with E-state index in [1.165, 1.54) is 16.4 Å². The van der Waals surface area contributed by atoms with Crippen LogP contribution in [-0.2, 0) is 16.8 Å². The van der Waals surface area contributed by atoms with Crippen LogP contribution in [-0.4, -0.2) is 72.0 Å². The molecule has 0 saturated carbocycles. The quantitative estimate of drug-likeness (QED) is 0.533. The Labute approximate surface area is 170 Å². The number of nitrogens with two attached hydrogens (primary N) is 1. The average Bonchev–Trinajstić information content (AvgIpc) is 2.98. The molecule has 0 aromatic heterocycles. The highest BCUT2D eigenvalue weighted by Gasteiger charge is 2.33. The van der Waals surface area contributed by atoms with Gasteiger partial charge in [0.25, 0.3) is 15.9 Å². The topological polar surface area (TPSA) is 130 Å². The van der Waals surface area contributed by atoms with E-state index in [4.69, 9.17) is 5.73 Å². The highest BCUT2D eigenvalue weighted by molar-refractivity contribution is 7.86. The van der Waals surface area contributed by atoms with Crippen molar-refractivity contribution >= 4 is 21.8 Å². The number of carbonyl (C=O) groups is 1. The van der Waals surface area contributed by atoms with Crippen LogP contribution < -0.4 is 5.73 Å². The van der Waals surface area contributed by atoms with Crippen molar-refractivity contribution in [2.45, 2.75) is 32.2 Å². The van der Waals surface area contributed by atoms with Crippen molar-refractivity contribution in [3.8, 4) is 0 Å². The molecule has 0 bridgehead atoms. The molecule has 1 aromatic rings. The minimum absolute atomic E-state index is 0.0915. The molecular weight excluding hydrogens is 398 g/mol. The normalized spacial score (nSPS) is 20.3. The molecule has 2 aliphatic rings. The maximum atomic E-state index is 12.9. The first-order valence-electron chi connectivity index (χ1n) is 9.84. The number of carbonyl (C=O) groups excluding carboxylic acids is 1. The molecular formula is C18H27N5O5S. The smallest absolute Gasteiger partial charge is 0.282 e. The molecule has 11 heteroatoms. The van der Waals surface area contributed by atoms with E-state index in [-0.39, 0.29) is 11.3 Å². The van der Waals surface area contributed by atoms with Crippen molar-refractivity contribution in [1.29, 1.82) is 0 Å². The van der Waals surface area contributed by atoms with Gasteiger partial charge in [-0.25, -0.2) is 0 Å². The summed E-state index contributed by atoms with van der Waals surface area (Å²) >= 11 is 0. The number of primary amides is 1. The van der Waals surface area contributed by atoms with Gasteiger partial charge in [0.15, 0.2) is 0 Å². The molecule has 1 aromatic carbocycles. The van der Waals surface area contributed by atoms with Crippen LogP contribution in [0.2, 0.25) is 0 Å². The Morgan fingerprint density at radius 3 is 2.14 bits per heavy atom. The minimum atomic E-state index is -3.46. The molecule has 0 atom stereocenters. The predicted molar refractivity (Wildman–Crippen MR) is 107 cm³/mol. The van der Waals surface area contributed by atoms with E-state index in [9.17, 15) is 23.3 Å². The number of hydrogen-bond acceptors (Lipinski definition) is 6. The number of amides is 1. The predicted octanol–water partition coefficient (Wildman–Crippen LogP) is 0.932. The third kappa shape index (κ3) is 5.10. The fraction of sp³-hybridized carbons (Fsp3) is 0.611. The second-order valence-electron chi connectivity index (χ2n) is 7.46. The lowest BCUT2D eigenvalue weighted by Crippen LogP contribution is -2.52. The summed E-state index contributed by atoms with van der Waals surface area (Å²) in [6, 6.07) is 4.21. The highest BCUT2D eigenvalue weighted by atomic mass is 32.2. The van der Waals surface area contributed by atoms with Crippen LogP contribution in [0.3, 0.4) is 0 Å². The van der Waals surface area contributed by atoms with Crippen LogP contribution in [0.15, 0.2) is 18.2 Å². The van der Waals surface area contributed by atoms with E-state index in [2.05, 4.69) is 0 Å². The van der Waals surface area contributed by atoms with Crippen molar-refractivity contribution in [2.75, 3.05) is 39.3 Å². The van der Waals surface area contributed by atoms with E-state index in [1.54, 1.807) is 10.4 Å². The zero-order chi connectivity index (χ0) is 21.0. The largest absolute Gasteiger partial charge is 0.366 e. The minimum Gasteiger partial charge on any atom is -0.366 e. The van der Waals surface area contributed by atoms with Crippen molar-refractivity contribution in [1.82, 2.24) is 13.5 Å². The summed E-state index contributed by atoms with van der Waals surface area (Å²) in [5.74, 6) is -0.716. The fourth-order valence-corrected chi connectivity index (χ4v) is 5.49. The van der Waals surface area contributed by atoms with Crippen LogP contribution >= 0.6 is 0 Å². The Bertz CT molecular complexity index is 859. The zero-order valence-electron chi connectivity index (χ0n) is 16.3. The van der Waals surface area contributed by atoms with E-state index in [0.717, 1.165) is 25.7 Å². The lowest BCUT2D eigenvalue weighted by atomic mass is 10.1.